The monoisotopic (exact) mass is 386 g/mol. The number of rotatable bonds is 8. The van der Waals surface area contributed by atoms with Crippen LogP contribution in [0.4, 0.5) is 5.69 Å². The van der Waals surface area contributed by atoms with Crippen molar-refractivity contribution in [3.05, 3.63) is 65.2 Å². The number of carbonyl (C=O) groups excluding carboxylic acids is 3. The van der Waals surface area contributed by atoms with Gasteiger partial charge in [0.05, 0.1) is 7.11 Å². The molecule has 0 unspecified atom stereocenters. The predicted molar refractivity (Wildman–Crippen MR) is 107 cm³/mol. The number of anilines is 1. The SMILES string of the molecule is CCSCc1ccc(C(=O)Nc2cccc(C(=O)NCC(=O)OC)c2)cc1. The lowest BCUT2D eigenvalue weighted by Gasteiger charge is -2.09. The minimum absolute atomic E-state index is 0.214. The van der Waals surface area contributed by atoms with Crippen LogP contribution in [0.15, 0.2) is 48.5 Å². The van der Waals surface area contributed by atoms with Gasteiger partial charge >= 0.3 is 5.97 Å². The fourth-order valence-corrected chi connectivity index (χ4v) is 2.87. The van der Waals surface area contributed by atoms with Crippen LogP contribution in [0.2, 0.25) is 0 Å². The zero-order valence-electron chi connectivity index (χ0n) is 15.3. The molecule has 0 aliphatic heterocycles. The van der Waals surface area contributed by atoms with E-state index in [0.29, 0.717) is 16.8 Å². The van der Waals surface area contributed by atoms with Gasteiger partial charge in [-0.05, 0) is 41.6 Å². The van der Waals surface area contributed by atoms with E-state index >= 15 is 0 Å². The average molecular weight is 386 g/mol. The first-order valence-electron chi connectivity index (χ1n) is 8.46. The van der Waals surface area contributed by atoms with Crippen LogP contribution in [-0.2, 0) is 15.3 Å². The van der Waals surface area contributed by atoms with Gasteiger partial charge in [0.2, 0.25) is 0 Å². The molecule has 0 bridgehead atoms. The first kappa shape index (κ1) is 20.5. The zero-order chi connectivity index (χ0) is 19.6. The molecular weight excluding hydrogens is 364 g/mol. The highest BCUT2D eigenvalue weighted by atomic mass is 32.2. The molecule has 2 aromatic rings. The number of ether oxygens (including phenoxy) is 1. The summed E-state index contributed by atoms with van der Waals surface area (Å²) in [5.74, 6) is 0.757. The highest BCUT2D eigenvalue weighted by Crippen LogP contribution is 2.15. The van der Waals surface area contributed by atoms with Crippen LogP contribution in [-0.4, -0.2) is 37.2 Å². The Morgan fingerprint density at radius 1 is 1.00 bits per heavy atom. The third-order valence-corrected chi connectivity index (χ3v) is 4.64. The van der Waals surface area contributed by atoms with E-state index in [1.54, 1.807) is 36.4 Å². The van der Waals surface area contributed by atoms with Gasteiger partial charge in [-0.25, -0.2) is 0 Å². The smallest absolute Gasteiger partial charge is 0.325 e. The fraction of sp³-hybridized carbons (Fsp3) is 0.250. The summed E-state index contributed by atoms with van der Waals surface area (Å²) >= 11 is 1.82. The molecule has 0 heterocycles. The minimum atomic E-state index is -0.534. The average Bonchev–Trinajstić information content (AvgIpc) is 2.70. The molecule has 0 spiro atoms. The zero-order valence-corrected chi connectivity index (χ0v) is 16.1. The van der Waals surface area contributed by atoms with E-state index < -0.39 is 11.9 Å². The molecule has 0 saturated heterocycles. The second-order valence-corrected chi connectivity index (χ2v) is 6.90. The molecule has 2 aromatic carbocycles. The molecule has 0 saturated carbocycles. The van der Waals surface area contributed by atoms with E-state index in [-0.39, 0.29) is 12.5 Å². The third kappa shape index (κ3) is 6.45. The van der Waals surface area contributed by atoms with Gasteiger partial charge in [0.1, 0.15) is 6.54 Å². The summed E-state index contributed by atoms with van der Waals surface area (Å²) in [6.07, 6.45) is 0. The Morgan fingerprint density at radius 2 is 1.74 bits per heavy atom. The first-order valence-corrected chi connectivity index (χ1v) is 9.62. The minimum Gasteiger partial charge on any atom is -0.468 e. The largest absolute Gasteiger partial charge is 0.468 e. The van der Waals surface area contributed by atoms with Crippen LogP contribution < -0.4 is 10.6 Å². The van der Waals surface area contributed by atoms with Crippen molar-refractivity contribution in [2.24, 2.45) is 0 Å². The molecule has 0 aliphatic rings. The van der Waals surface area contributed by atoms with Crippen molar-refractivity contribution in [3.63, 3.8) is 0 Å². The third-order valence-electron chi connectivity index (χ3n) is 3.69. The topological polar surface area (TPSA) is 84.5 Å². The van der Waals surface area contributed by atoms with Crippen molar-refractivity contribution in [2.45, 2.75) is 12.7 Å². The summed E-state index contributed by atoms with van der Waals surface area (Å²) in [5, 5.41) is 5.23. The van der Waals surface area contributed by atoms with Crippen LogP contribution in [0.25, 0.3) is 0 Å². The van der Waals surface area contributed by atoms with Gasteiger partial charge in [-0.2, -0.15) is 11.8 Å². The van der Waals surface area contributed by atoms with Gasteiger partial charge < -0.3 is 15.4 Å². The van der Waals surface area contributed by atoms with E-state index in [1.807, 2.05) is 23.9 Å². The number of hydrogen-bond acceptors (Lipinski definition) is 5. The summed E-state index contributed by atoms with van der Waals surface area (Å²) in [5.41, 5.74) is 2.54. The second kappa shape index (κ2) is 10.4. The summed E-state index contributed by atoms with van der Waals surface area (Å²) in [6.45, 7) is 1.89. The van der Waals surface area contributed by atoms with Gasteiger partial charge in [-0.3, -0.25) is 14.4 Å². The Kier molecular flexibility index (Phi) is 7.88. The molecule has 0 atom stereocenters. The molecule has 2 rings (SSSR count). The summed E-state index contributed by atoms with van der Waals surface area (Å²) in [7, 11) is 1.25. The van der Waals surface area contributed by atoms with Crippen LogP contribution >= 0.6 is 11.8 Å². The Balaban J connectivity index is 1.99. The Bertz CT molecular complexity index is 806. The molecule has 0 aromatic heterocycles. The van der Waals surface area contributed by atoms with Gasteiger partial charge in [0.15, 0.2) is 0 Å². The van der Waals surface area contributed by atoms with E-state index in [1.165, 1.54) is 12.7 Å². The maximum absolute atomic E-state index is 12.4. The van der Waals surface area contributed by atoms with Crippen molar-refractivity contribution in [1.29, 1.82) is 0 Å². The van der Waals surface area contributed by atoms with E-state index in [0.717, 1.165) is 11.5 Å². The quantitative estimate of drug-likeness (QED) is 0.681. The predicted octanol–water partition coefficient (Wildman–Crippen LogP) is 3.09. The first-order chi connectivity index (χ1) is 13.0. The molecule has 6 nitrogen and oxygen atoms in total. The highest BCUT2D eigenvalue weighted by molar-refractivity contribution is 7.98. The number of thioether (sulfide) groups is 1. The standard InChI is InChI=1S/C20H22N2O4S/c1-3-27-13-14-7-9-15(10-8-14)20(25)22-17-6-4-5-16(11-17)19(24)21-12-18(23)26-2/h4-11H,3,12-13H2,1-2H3,(H,21,24)(H,22,25). The van der Waals surface area contributed by atoms with Crippen LogP contribution in [0.3, 0.4) is 0 Å². The number of benzene rings is 2. The maximum atomic E-state index is 12.4. The van der Waals surface area contributed by atoms with Gasteiger partial charge in [0, 0.05) is 22.6 Å². The molecule has 27 heavy (non-hydrogen) atoms. The van der Waals surface area contributed by atoms with Crippen molar-refractivity contribution >= 4 is 35.2 Å². The lowest BCUT2D eigenvalue weighted by molar-refractivity contribution is -0.139. The molecule has 142 valence electrons. The summed E-state index contributed by atoms with van der Waals surface area (Å²) in [4.78, 5) is 35.6. The number of carbonyl (C=O) groups is 3. The fourth-order valence-electron chi connectivity index (χ4n) is 2.24. The Morgan fingerprint density at radius 3 is 2.41 bits per heavy atom. The highest BCUT2D eigenvalue weighted by Gasteiger charge is 2.11. The van der Waals surface area contributed by atoms with Gasteiger partial charge in [0.25, 0.3) is 11.8 Å². The molecule has 0 fully saturated rings. The Hall–Kier alpha value is -2.80. The Labute approximate surface area is 162 Å². The van der Waals surface area contributed by atoms with E-state index in [9.17, 15) is 14.4 Å². The van der Waals surface area contributed by atoms with Crippen molar-refractivity contribution in [1.82, 2.24) is 5.32 Å². The van der Waals surface area contributed by atoms with E-state index in [4.69, 9.17) is 0 Å². The molecule has 2 amide bonds. The van der Waals surface area contributed by atoms with E-state index in [2.05, 4.69) is 22.3 Å². The molecule has 7 heteroatoms. The second-order valence-electron chi connectivity index (χ2n) is 5.63. The lowest BCUT2D eigenvalue weighted by Crippen LogP contribution is -2.30. The molecule has 0 radical (unpaired) electrons. The van der Waals surface area contributed by atoms with Crippen molar-refractivity contribution < 1.29 is 19.1 Å². The summed E-state index contributed by atoms with van der Waals surface area (Å²) < 4.78 is 4.48. The normalized spacial score (nSPS) is 10.1. The molecule has 2 N–H and O–H groups in total. The van der Waals surface area contributed by atoms with Crippen LogP contribution in [0.1, 0.15) is 33.2 Å². The van der Waals surface area contributed by atoms with Crippen LogP contribution in [0.5, 0.6) is 0 Å². The number of nitrogens with one attached hydrogen (secondary N) is 2. The maximum Gasteiger partial charge on any atom is 0.325 e. The number of amides is 2. The molecule has 0 aliphatic carbocycles. The number of esters is 1. The number of methoxy groups -OCH3 is 1. The van der Waals surface area contributed by atoms with Crippen molar-refractivity contribution in [2.75, 3.05) is 24.7 Å². The van der Waals surface area contributed by atoms with Crippen molar-refractivity contribution in [3.8, 4) is 0 Å². The van der Waals surface area contributed by atoms with Gasteiger partial charge in [-0.1, -0.05) is 25.1 Å². The lowest BCUT2D eigenvalue weighted by atomic mass is 10.1. The number of hydrogen-bond donors (Lipinski definition) is 2. The molecular formula is C20H22N2O4S. The summed E-state index contributed by atoms with van der Waals surface area (Å²) in [6, 6.07) is 14.0. The van der Waals surface area contributed by atoms with Gasteiger partial charge in [-0.15, -0.1) is 0 Å². The van der Waals surface area contributed by atoms with Crippen LogP contribution in [0, 0.1) is 0 Å².